The normalized spacial score (nSPS) is 12.8. The summed E-state index contributed by atoms with van der Waals surface area (Å²) < 4.78 is 1.16. The molecule has 2 N–H and O–H groups in total. The van der Waals surface area contributed by atoms with E-state index in [-0.39, 0.29) is 5.92 Å². The van der Waals surface area contributed by atoms with Crippen LogP contribution in [0, 0.1) is 11.8 Å². The first-order chi connectivity index (χ1) is 8.59. The van der Waals surface area contributed by atoms with Crippen molar-refractivity contribution in [2.45, 2.75) is 13.8 Å². The summed E-state index contributed by atoms with van der Waals surface area (Å²) in [6, 6.07) is 3.96. The molecule has 2 heterocycles. The first kappa shape index (κ1) is 12.8. The highest BCUT2D eigenvalue weighted by atomic mass is 32.1. The van der Waals surface area contributed by atoms with Crippen molar-refractivity contribution >= 4 is 33.2 Å². The molecule has 2 aromatic rings. The Morgan fingerprint density at radius 3 is 2.94 bits per heavy atom. The molecule has 0 aliphatic rings. The van der Waals surface area contributed by atoms with Crippen molar-refractivity contribution in [1.82, 2.24) is 4.98 Å². The second-order valence-electron chi connectivity index (χ2n) is 4.56. The molecule has 0 bridgehead atoms. The van der Waals surface area contributed by atoms with Gasteiger partial charge in [0, 0.05) is 22.8 Å². The summed E-state index contributed by atoms with van der Waals surface area (Å²) >= 11 is 1.65. The minimum Gasteiger partial charge on any atom is -0.481 e. The van der Waals surface area contributed by atoms with Gasteiger partial charge in [0.05, 0.1) is 5.92 Å². The lowest BCUT2D eigenvalue weighted by atomic mass is 9.96. The van der Waals surface area contributed by atoms with E-state index in [1.54, 1.807) is 17.5 Å². The van der Waals surface area contributed by atoms with Crippen molar-refractivity contribution in [3.63, 3.8) is 0 Å². The number of hydrogen-bond acceptors (Lipinski definition) is 4. The summed E-state index contributed by atoms with van der Waals surface area (Å²) in [6.07, 6.45) is 1.74. The fourth-order valence-electron chi connectivity index (χ4n) is 1.85. The van der Waals surface area contributed by atoms with Crippen molar-refractivity contribution in [1.29, 1.82) is 0 Å². The van der Waals surface area contributed by atoms with Crippen LogP contribution in [-0.4, -0.2) is 22.6 Å². The second kappa shape index (κ2) is 5.35. The van der Waals surface area contributed by atoms with Crippen molar-refractivity contribution in [2.24, 2.45) is 11.8 Å². The number of fused-ring (bicyclic) bond motifs is 1. The lowest BCUT2D eigenvalue weighted by Gasteiger charge is -2.17. The summed E-state index contributed by atoms with van der Waals surface area (Å²) in [7, 11) is 0. The van der Waals surface area contributed by atoms with E-state index in [4.69, 9.17) is 5.11 Å². The average molecular weight is 264 g/mol. The fourth-order valence-corrected chi connectivity index (χ4v) is 2.63. The number of carbonyl (C=O) groups is 1. The zero-order valence-electron chi connectivity index (χ0n) is 10.4. The standard InChI is InChI=1S/C13H16N2O2S/c1-8(2)10(13(16)17)7-15-12-9-4-6-18-11(9)3-5-14-12/h3-6,8,10H,7H2,1-2H3,(H,14,15)(H,16,17). The number of carboxylic acid groups (broad SMARTS) is 1. The second-order valence-corrected chi connectivity index (χ2v) is 5.51. The van der Waals surface area contributed by atoms with E-state index in [1.165, 1.54) is 0 Å². The Morgan fingerprint density at radius 2 is 2.28 bits per heavy atom. The highest BCUT2D eigenvalue weighted by Gasteiger charge is 2.21. The van der Waals surface area contributed by atoms with Gasteiger partial charge in [-0.1, -0.05) is 13.8 Å². The topological polar surface area (TPSA) is 62.2 Å². The maximum Gasteiger partial charge on any atom is 0.308 e. The molecule has 18 heavy (non-hydrogen) atoms. The van der Waals surface area contributed by atoms with Crippen LogP contribution in [0.1, 0.15) is 13.8 Å². The Morgan fingerprint density at radius 1 is 1.50 bits per heavy atom. The molecule has 1 atom stereocenters. The van der Waals surface area contributed by atoms with Gasteiger partial charge in [-0.3, -0.25) is 4.79 Å². The summed E-state index contributed by atoms with van der Waals surface area (Å²) in [4.78, 5) is 15.4. The third-order valence-corrected chi connectivity index (χ3v) is 3.87. The molecular formula is C13H16N2O2S. The maximum absolute atomic E-state index is 11.1. The van der Waals surface area contributed by atoms with Gasteiger partial charge >= 0.3 is 5.97 Å². The molecule has 0 saturated heterocycles. The number of aromatic nitrogens is 1. The van der Waals surface area contributed by atoms with E-state index < -0.39 is 11.9 Å². The summed E-state index contributed by atoms with van der Waals surface area (Å²) in [6.45, 7) is 4.23. The van der Waals surface area contributed by atoms with E-state index in [2.05, 4.69) is 10.3 Å². The molecule has 96 valence electrons. The first-order valence-corrected chi connectivity index (χ1v) is 6.76. The quantitative estimate of drug-likeness (QED) is 0.871. The largest absolute Gasteiger partial charge is 0.481 e. The van der Waals surface area contributed by atoms with Gasteiger partial charge < -0.3 is 10.4 Å². The van der Waals surface area contributed by atoms with Crippen LogP contribution in [0.15, 0.2) is 23.7 Å². The number of carboxylic acids is 1. The van der Waals surface area contributed by atoms with Crippen LogP contribution in [0.25, 0.3) is 10.1 Å². The zero-order chi connectivity index (χ0) is 13.1. The third-order valence-electron chi connectivity index (χ3n) is 2.99. The summed E-state index contributed by atoms with van der Waals surface area (Å²) in [5.74, 6) is -0.312. The molecule has 0 saturated carbocycles. The van der Waals surface area contributed by atoms with E-state index in [0.29, 0.717) is 6.54 Å². The van der Waals surface area contributed by atoms with Gasteiger partial charge in [-0.2, -0.15) is 0 Å². The van der Waals surface area contributed by atoms with E-state index in [1.807, 2.05) is 31.4 Å². The Bertz CT molecular complexity index is 551. The molecule has 2 rings (SSSR count). The number of nitrogens with zero attached hydrogens (tertiary/aromatic N) is 1. The maximum atomic E-state index is 11.1. The lowest BCUT2D eigenvalue weighted by Crippen LogP contribution is -2.27. The van der Waals surface area contributed by atoms with Crippen molar-refractivity contribution in [3.05, 3.63) is 23.7 Å². The van der Waals surface area contributed by atoms with Crippen LogP contribution in [0.5, 0.6) is 0 Å². The van der Waals surface area contributed by atoms with Crippen molar-refractivity contribution in [3.8, 4) is 0 Å². The van der Waals surface area contributed by atoms with Crippen LogP contribution in [0.2, 0.25) is 0 Å². The summed E-state index contributed by atoms with van der Waals surface area (Å²) in [5, 5.41) is 15.3. The molecule has 0 aromatic carbocycles. The molecule has 1 unspecified atom stereocenters. The Labute approximate surface area is 110 Å². The van der Waals surface area contributed by atoms with Crippen LogP contribution < -0.4 is 5.32 Å². The average Bonchev–Trinajstić information content (AvgIpc) is 2.77. The molecule has 5 heteroatoms. The molecule has 0 aliphatic heterocycles. The predicted molar refractivity (Wildman–Crippen MR) is 74.1 cm³/mol. The zero-order valence-corrected chi connectivity index (χ0v) is 11.2. The van der Waals surface area contributed by atoms with E-state index >= 15 is 0 Å². The number of pyridine rings is 1. The minimum absolute atomic E-state index is 0.0941. The Kier molecular flexibility index (Phi) is 3.81. The molecule has 0 radical (unpaired) electrons. The molecule has 0 amide bonds. The van der Waals surface area contributed by atoms with Gasteiger partial charge in [0.1, 0.15) is 5.82 Å². The minimum atomic E-state index is -0.769. The monoisotopic (exact) mass is 264 g/mol. The number of nitrogens with one attached hydrogen (secondary N) is 1. The molecule has 0 aliphatic carbocycles. The first-order valence-electron chi connectivity index (χ1n) is 5.88. The van der Waals surface area contributed by atoms with E-state index in [9.17, 15) is 4.79 Å². The fraction of sp³-hybridized carbons (Fsp3) is 0.385. The molecule has 0 fully saturated rings. The summed E-state index contributed by atoms with van der Waals surface area (Å²) in [5.41, 5.74) is 0. The number of rotatable bonds is 5. The predicted octanol–water partition coefficient (Wildman–Crippen LogP) is 3.07. The van der Waals surface area contributed by atoms with Gasteiger partial charge in [-0.05, 0) is 23.4 Å². The lowest BCUT2D eigenvalue weighted by molar-refractivity contribution is -0.142. The smallest absolute Gasteiger partial charge is 0.308 e. The van der Waals surface area contributed by atoms with Crippen LogP contribution in [0.3, 0.4) is 0 Å². The molecular weight excluding hydrogens is 248 g/mol. The number of aliphatic carboxylic acids is 1. The molecule has 0 spiro atoms. The van der Waals surface area contributed by atoms with Crippen molar-refractivity contribution < 1.29 is 9.90 Å². The Balaban J connectivity index is 2.14. The van der Waals surface area contributed by atoms with Gasteiger partial charge in [-0.25, -0.2) is 4.98 Å². The Hall–Kier alpha value is -1.62. The van der Waals surface area contributed by atoms with Gasteiger partial charge in [-0.15, -0.1) is 11.3 Å². The highest BCUT2D eigenvalue weighted by Crippen LogP contribution is 2.26. The van der Waals surface area contributed by atoms with Gasteiger partial charge in [0.25, 0.3) is 0 Å². The SMILES string of the molecule is CC(C)C(CNc1nccc2sccc12)C(=O)O. The highest BCUT2D eigenvalue weighted by molar-refractivity contribution is 7.17. The number of hydrogen-bond donors (Lipinski definition) is 2. The molecule has 2 aromatic heterocycles. The van der Waals surface area contributed by atoms with Gasteiger partial charge in [0.15, 0.2) is 0 Å². The molecule has 4 nitrogen and oxygen atoms in total. The van der Waals surface area contributed by atoms with Gasteiger partial charge in [0.2, 0.25) is 0 Å². The van der Waals surface area contributed by atoms with E-state index in [0.717, 1.165) is 15.9 Å². The van der Waals surface area contributed by atoms with Crippen LogP contribution >= 0.6 is 11.3 Å². The van der Waals surface area contributed by atoms with Crippen LogP contribution in [0.4, 0.5) is 5.82 Å². The van der Waals surface area contributed by atoms with Crippen LogP contribution in [-0.2, 0) is 4.79 Å². The number of thiophene rings is 1. The third kappa shape index (κ3) is 2.61. The number of anilines is 1. The van der Waals surface area contributed by atoms with Crippen molar-refractivity contribution in [2.75, 3.05) is 11.9 Å².